The van der Waals surface area contributed by atoms with Gasteiger partial charge in [-0.25, -0.2) is 0 Å². The van der Waals surface area contributed by atoms with E-state index in [1.165, 1.54) is 16.0 Å². The standard InChI is InChI=1S/C15H15NS/c16-15-13-9-5-4-6-11(13)10-14(15)17-12-7-2-1-3-8-12/h1-9,14-15H,10,16H2/t14-,15-/m0/s1. The lowest BCUT2D eigenvalue weighted by Gasteiger charge is -2.15. The molecule has 17 heavy (non-hydrogen) atoms. The van der Waals surface area contributed by atoms with Gasteiger partial charge in [0.25, 0.3) is 0 Å². The lowest BCUT2D eigenvalue weighted by atomic mass is 10.1. The summed E-state index contributed by atoms with van der Waals surface area (Å²) in [4.78, 5) is 1.31. The molecule has 1 aliphatic carbocycles. The lowest BCUT2D eigenvalue weighted by Crippen LogP contribution is -2.18. The summed E-state index contributed by atoms with van der Waals surface area (Å²) >= 11 is 1.89. The Morgan fingerprint density at radius 1 is 0.941 bits per heavy atom. The zero-order valence-electron chi connectivity index (χ0n) is 9.54. The number of hydrogen-bond donors (Lipinski definition) is 1. The second-order valence-corrected chi connectivity index (χ2v) is 5.71. The second kappa shape index (κ2) is 4.55. The van der Waals surface area contributed by atoms with Crippen LogP contribution in [0.15, 0.2) is 59.5 Å². The first-order valence-corrected chi connectivity index (χ1v) is 6.77. The van der Waals surface area contributed by atoms with E-state index >= 15 is 0 Å². The van der Waals surface area contributed by atoms with Crippen LogP contribution in [0.4, 0.5) is 0 Å². The third-order valence-corrected chi connectivity index (χ3v) is 4.57. The van der Waals surface area contributed by atoms with E-state index in [0.717, 1.165) is 6.42 Å². The van der Waals surface area contributed by atoms with E-state index in [1.807, 2.05) is 17.8 Å². The summed E-state index contributed by atoms with van der Waals surface area (Å²) in [5.74, 6) is 0. The Kier molecular flexibility index (Phi) is 2.91. The van der Waals surface area contributed by atoms with Gasteiger partial charge in [-0.05, 0) is 29.7 Å². The zero-order chi connectivity index (χ0) is 11.7. The average Bonchev–Trinajstić information content (AvgIpc) is 2.68. The molecule has 86 valence electrons. The molecular weight excluding hydrogens is 226 g/mol. The molecule has 0 saturated heterocycles. The van der Waals surface area contributed by atoms with Crippen molar-refractivity contribution >= 4 is 11.8 Å². The summed E-state index contributed by atoms with van der Waals surface area (Å²) in [5, 5.41) is 0.467. The predicted octanol–water partition coefficient (Wildman–Crippen LogP) is 3.40. The van der Waals surface area contributed by atoms with E-state index in [0.29, 0.717) is 5.25 Å². The van der Waals surface area contributed by atoms with Crippen LogP contribution in [0.5, 0.6) is 0 Å². The highest BCUT2D eigenvalue weighted by molar-refractivity contribution is 8.00. The van der Waals surface area contributed by atoms with Gasteiger partial charge >= 0.3 is 0 Å². The van der Waals surface area contributed by atoms with Gasteiger partial charge < -0.3 is 5.73 Å². The normalized spacial score (nSPS) is 22.4. The minimum Gasteiger partial charge on any atom is -0.323 e. The van der Waals surface area contributed by atoms with E-state index in [4.69, 9.17) is 5.73 Å². The molecule has 2 heteroatoms. The number of nitrogens with two attached hydrogens (primary N) is 1. The molecule has 1 nitrogen and oxygen atoms in total. The highest BCUT2D eigenvalue weighted by atomic mass is 32.2. The Balaban J connectivity index is 1.81. The molecule has 0 saturated carbocycles. The minimum atomic E-state index is 0.163. The van der Waals surface area contributed by atoms with Crippen molar-refractivity contribution in [1.29, 1.82) is 0 Å². The maximum Gasteiger partial charge on any atom is 0.0425 e. The van der Waals surface area contributed by atoms with Crippen LogP contribution < -0.4 is 5.73 Å². The van der Waals surface area contributed by atoms with Crippen LogP contribution in [0, 0.1) is 0 Å². The van der Waals surface area contributed by atoms with Crippen molar-refractivity contribution in [1.82, 2.24) is 0 Å². The average molecular weight is 241 g/mol. The summed E-state index contributed by atoms with van der Waals surface area (Å²) in [6.45, 7) is 0. The quantitative estimate of drug-likeness (QED) is 0.872. The lowest BCUT2D eigenvalue weighted by molar-refractivity contribution is 0.731. The molecule has 2 N–H and O–H groups in total. The van der Waals surface area contributed by atoms with E-state index in [-0.39, 0.29) is 6.04 Å². The Bertz CT molecular complexity index is 509. The van der Waals surface area contributed by atoms with Crippen LogP contribution in [0.3, 0.4) is 0 Å². The monoisotopic (exact) mass is 241 g/mol. The number of benzene rings is 2. The maximum atomic E-state index is 6.32. The van der Waals surface area contributed by atoms with Gasteiger partial charge in [-0.3, -0.25) is 0 Å². The smallest absolute Gasteiger partial charge is 0.0425 e. The van der Waals surface area contributed by atoms with Gasteiger partial charge in [0.2, 0.25) is 0 Å². The molecule has 0 spiro atoms. The van der Waals surface area contributed by atoms with Gasteiger partial charge in [-0.15, -0.1) is 11.8 Å². The van der Waals surface area contributed by atoms with Crippen molar-refractivity contribution in [3.63, 3.8) is 0 Å². The van der Waals surface area contributed by atoms with Crippen molar-refractivity contribution < 1.29 is 0 Å². The van der Waals surface area contributed by atoms with E-state index in [1.54, 1.807) is 0 Å². The molecule has 0 heterocycles. The topological polar surface area (TPSA) is 26.0 Å². The van der Waals surface area contributed by atoms with Crippen LogP contribution in [-0.4, -0.2) is 5.25 Å². The third kappa shape index (κ3) is 2.11. The fraction of sp³-hybridized carbons (Fsp3) is 0.200. The number of fused-ring (bicyclic) bond motifs is 1. The first-order chi connectivity index (χ1) is 8.34. The van der Waals surface area contributed by atoms with Gasteiger partial charge in [0, 0.05) is 16.2 Å². The fourth-order valence-corrected chi connectivity index (χ4v) is 3.60. The SMILES string of the molecule is N[C@H]1c2ccccc2C[C@@H]1Sc1ccccc1. The second-order valence-electron chi connectivity index (χ2n) is 4.40. The van der Waals surface area contributed by atoms with Gasteiger partial charge in [0.15, 0.2) is 0 Å². The number of hydrogen-bond acceptors (Lipinski definition) is 2. The van der Waals surface area contributed by atoms with Gasteiger partial charge in [0.1, 0.15) is 0 Å². The Hall–Kier alpha value is -1.25. The molecule has 0 radical (unpaired) electrons. The molecule has 0 amide bonds. The Labute approximate surface area is 106 Å². The van der Waals surface area contributed by atoms with Crippen molar-refractivity contribution in [2.75, 3.05) is 0 Å². The molecule has 0 bridgehead atoms. The summed E-state index contributed by atoms with van der Waals surface area (Å²) < 4.78 is 0. The summed E-state index contributed by atoms with van der Waals surface area (Å²) in [7, 11) is 0. The first-order valence-electron chi connectivity index (χ1n) is 5.90. The third-order valence-electron chi connectivity index (χ3n) is 3.27. The fourth-order valence-electron chi connectivity index (χ4n) is 2.38. The molecule has 1 aliphatic rings. The Morgan fingerprint density at radius 3 is 2.41 bits per heavy atom. The number of rotatable bonds is 2. The van der Waals surface area contributed by atoms with Crippen LogP contribution in [0.25, 0.3) is 0 Å². The molecule has 3 rings (SSSR count). The van der Waals surface area contributed by atoms with Gasteiger partial charge in [0.05, 0.1) is 0 Å². The number of thioether (sulfide) groups is 1. The molecular formula is C15H15NS. The predicted molar refractivity (Wildman–Crippen MR) is 73.2 cm³/mol. The molecule has 2 aromatic carbocycles. The van der Waals surface area contributed by atoms with Crippen LogP contribution in [-0.2, 0) is 6.42 Å². The van der Waals surface area contributed by atoms with E-state index < -0.39 is 0 Å². The van der Waals surface area contributed by atoms with Crippen molar-refractivity contribution in [3.8, 4) is 0 Å². The summed E-state index contributed by atoms with van der Waals surface area (Å²) in [5.41, 5.74) is 9.05. The highest BCUT2D eigenvalue weighted by Gasteiger charge is 2.29. The molecule has 2 atom stereocenters. The van der Waals surface area contributed by atoms with E-state index in [2.05, 4.69) is 48.5 Å². The molecule has 2 aromatic rings. The Morgan fingerprint density at radius 2 is 1.65 bits per heavy atom. The highest BCUT2D eigenvalue weighted by Crippen LogP contribution is 2.39. The zero-order valence-corrected chi connectivity index (χ0v) is 10.4. The molecule has 0 aliphatic heterocycles. The van der Waals surface area contributed by atoms with Crippen LogP contribution in [0.1, 0.15) is 17.2 Å². The maximum absolute atomic E-state index is 6.32. The van der Waals surface area contributed by atoms with Crippen molar-refractivity contribution in [2.45, 2.75) is 22.6 Å². The van der Waals surface area contributed by atoms with Crippen molar-refractivity contribution in [3.05, 3.63) is 65.7 Å². The first kappa shape index (κ1) is 10.9. The molecule has 0 unspecified atom stereocenters. The van der Waals surface area contributed by atoms with Gasteiger partial charge in [-0.2, -0.15) is 0 Å². The molecule has 0 fully saturated rings. The molecule has 0 aromatic heterocycles. The van der Waals surface area contributed by atoms with E-state index in [9.17, 15) is 0 Å². The summed E-state index contributed by atoms with van der Waals surface area (Å²) in [6, 6.07) is 19.2. The van der Waals surface area contributed by atoms with Gasteiger partial charge in [-0.1, -0.05) is 42.5 Å². The van der Waals surface area contributed by atoms with Crippen LogP contribution >= 0.6 is 11.8 Å². The van der Waals surface area contributed by atoms with Crippen LogP contribution in [0.2, 0.25) is 0 Å². The minimum absolute atomic E-state index is 0.163. The largest absolute Gasteiger partial charge is 0.323 e. The van der Waals surface area contributed by atoms with Crippen molar-refractivity contribution in [2.24, 2.45) is 5.73 Å². The summed E-state index contributed by atoms with van der Waals surface area (Å²) in [6.07, 6.45) is 1.08.